The van der Waals surface area contributed by atoms with Gasteiger partial charge in [0.2, 0.25) is 11.8 Å². The number of rotatable bonds is 1. The van der Waals surface area contributed by atoms with Crippen LogP contribution in [0.25, 0.3) is 11.0 Å². The molecule has 1 aromatic heterocycles. The average Bonchev–Trinajstić information content (AvgIpc) is 2.71. The molecule has 0 spiro atoms. The SMILES string of the molecule is Cn1c(=O)n([C@H]2CCC(=O)NC2=O)c2ccc(C(C)(C)C)cc21. The summed E-state index contributed by atoms with van der Waals surface area (Å²) >= 11 is 0. The fraction of sp³-hybridized carbons (Fsp3) is 0.471. The first-order chi connectivity index (χ1) is 10.7. The van der Waals surface area contributed by atoms with Gasteiger partial charge in [0.1, 0.15) is 6.04 Å². The summed E-state index contributed by atoms with van der Waals surface area (Å²) in [4.78, 5) is 36.1. The van der Waals surface area contributed by atoms with Crippen molar-refractivity contribution in [2.24, 2.45) is 7.05 Å². The molecule has 2 aromatic rings. The van der Waals surface area contributed by atoms with Crippen LogP contribution in [0, 0.1) is 0 Å². The Hall–Kier alpha value is -2.37. The van der Waals surface area contributed by atoms with E-state index in [0.29, 0.717) is 6.42 Å². The molecule has 6 heteroatoms. The summed E-state index contributed by atoms with van der Waals surface area (Å²) in [6.45, 7) is 6.34. The number of carbonyl (C=O) groups excluding carboxylic acids is 2. The molecule has 122 valence electrons. The maximum Gasteiger partial charge on any atom is 0.329 e. The van der Waals surface area contributed by atoms with Crippen LogP contribution < -0.4 is 11.0 Å². The van der Waals surface area contributed by atoms with E-state index >= 15 is 0 Å². The van der Waals surface area contributed by atoms with Gasteiger partial charge in [0.15, 0.2) is 0 Å². The fourth-order valence-corrected chi connectivity index (χ4v) is 3.06. The largest absolute Gasteiger partial charge is 0.329 e. The summed E-state index contributed by atoms with van der Waals surface area (Å²) in [5, 5.41) is 2.32. The Labute approximate surface area is 134 Å². The van der Waals surface area contributed by atoms with Crippen LogP contribution in [0.15, 0.2) is 23.0 Å². The van der Waals surface area contributed by atoms with Crippen LogP contribution in [0.5, 0.6) is 0 Å². The Balaban J connectivity index is 2.19. The van der Waals surface area contributed by atoms with E-state index in [0.717, 1.165) is 16.6 Å². The van der Waals surface area contributed by atoms with E-state index in [-0.39, 0.29) is 23.4 Å². The van der Waals surface area contributed by atoms with Crippen molar-refractivity contribution in [2.75, 3.05) is 0 Å². The summed E-state index contributed by atoms with van der Waals surface area (Å²) in [5.41, 5.74) is 2.38. The predicted octanol–water partition coefficient (Wildman–Crippen LogP) is 1.62. The van der Waals surface area contributed by atoms with E-state index < -0.39 is 11.9 Å². The first kappa shape index (κ1) is 15.5. The van der Waals surface area contributed by atoms with Gasteiger partial charge in [0.25, 0.3) is 0 Å². The van der Waals surface area contributed by atoms with Gasteiger partial charge in [-0.2, -0.15) is 0 Å². The molecule has 6 nitrogen and oxygen atoms in total. The number of imide groups is 1. The van der Waals surface area contributed by atoms with E-state index in [1.165, 1.54) is 4.57 Å². The summed E-state index contributed by atoms with van der Waals surface area (Å²) in [6, 6.07) is 5.24. The standard InChI is InChI=1S/C17H21N3O3/c1-17(2,3)10-5-6-11-13(9-10)19(4)16(23)20(11)12-7-8-14(21)18-15(12)22/h5-6,9,12H,7-8H2,1-4H3,(H,18,21,22)/t12-/m0/s1. The second-order valence-corrected chi connectivity index (χ2v) is 7.13. The smallest absolute Gasteiger partial charge is 0.295 e. The van der Waals surface area contributed by atoms with Crippen molar-refractivity contribution in [1.29, 1.82) is 0 Å². The third kappa shape index (κ3) is 2.48. The first-order valence-electron chi connectivity index (χ1n) is 7.75. The number of amides is 2. The molecule has 0 unspecified atom stereocenters. The normalized spacial score (nSPS) is 19.2. The quantitative estimate of drug-likeness (QED) is 0.813. The molecule has 1 saturated heterocycles. The van der Waals surface area contributed by atoms with Crippen molar-refractivity contribution < 1.29 is 9.59 Å². The molecule has 0 saturated carbocycles. The van der Waals surface area contributed by atoms with Crippen LogP contribution in [0.4, 0.5) is 0 Å². The number of aromatic nitrogens is 2. The van der Waals surface area contributed by atoms with E-state index in [1.807, 2.05) is 18.2 Å². The Morgan fingerprint density at radius 1 is 1.13 bits per heavy atom. The van der Waals surface area contributed by atoms with Crippen LogP contribution in [-0.2, 0) is 22.1 Å². The van der Waals surface area contributed by atoms with Crippen molar-refractivity contribution in [2.45, 2.75) is 45.1 Å². The van der Waals surface area contributed by atoms with Gasteiger partial charge in [0, 0.05) is 13.5 Å². The van der Waals surface area contributed by atoms with Crippen molar-refractivity contribution in [1.82, 2.24) is 14.5 Å². The molecule has 0 aliphatic carbocycles. The van der Waals surface area contributed by atoms with Gasteiger partial charge >= 0.3 is 5.69 Å². The second kappa shape index (κ2) is 5.08. The number of benzene rings is 1. The number of hydrogen-bond donors (Lipinski definition) is 1. The zero-order chi connectivity index (χ0) is 16.9. The number of nitrogens with one attached hydrogen (secondary N) is 1. The zero-order valence-electron chi connectivity index (χ0n) is 13.8. The van der Waals surface area contributed by atoms with Crippen LogP contribution in [0.3, 0.4) is 0 Å². The highest BCUT2D eigenvalue weighted by Crippen LogP contribution is 2.28. The molecule has 1 aliphatic rings. The number of hydrogen-bond acceptors (Lipinski definition) is 3. The molecule has 1 fully saturated rings. The van der Waals surface area contributed by atoms with E-state index in [1.54, 1.807) is 11.6 Å². The number of carbonyl (C=O) groups is 2. The van der Waals surface area contributed by atoms with Crippen molar-refractivity contribution in [3.63, 3.8) is 0 Å². The van der Waals surface area contributed by atoms with E-state index in [9.17, 15) is 14.4 Å². The van der Waals surface area contributed by atoms with Gasteiger partial charge in [-0.15, -0.1) is 0 Å². The van der Waals surface area contributed by atoms with Crippen LogP contribution in [-0.4, -0.2) is 20.9 Å². The van der Waals surface area contributed by atoms with Crippen molar-refractivity contribution in [3.8, 4) is 0 Å². The van der Waals surface area contributed by atoms with Crippen LogP contribution in [0.1, 0.15) is 45.2 Å². The number of nitrogens with zero attached hydrogens (tertiary/aromatic N) is 2. The number of fused-ring (bicyclic) bond motifs is 1. The lowest BCUT2D eigenvalue weighted by molar-refractivity contribution is -0.135. The minimum absolute atomic E-state index is 0.0268. The topological polar surface area (TPSA) is 73.1 Å². The molecular weight excluding hydrogens is 294 g/mol. The van der Waals surface area contributed by atoms with E-state index in [2.05, 4.69) is 26.1 Å². The zero-order valence-corrected chi connectivity index (χ0v) is 13.8. The lowest BCUT2D eigenvalue weighted by Gasteiger charge is -2.22. The molecule has 2 heterocycles. The van der Waals surface area contributed by atoms with Gasteiger partial charge in [-0.25, -0.2) is 4.79 Å². The number of piperidine rings is 1. The molecular formula is C17H21N3O3. The van der Waals surface area contributed by atoms with Gasteiger partial charge in [-0.05, 0) is 29.5 Å². The lowest BCUT2D eigenvalue weighted by atomic mass is 9.87. The third-order valence-corrected chi connectivity index (χ3v) is 4.48. The highest BCUT2D eigenvalue weighted by Gasteiger charge is 2.31. The minimum atomic E-state index is -0.635. The van der Waals surface area contributed by atoms with Crippen molar-refractivity contribution in [3.05, 3.63) is 34.2 Å². The molecule has 1 aromatic carbocycles. The van der Waals surface area contributed by atoms with E-state index in [4.69, 9.17) is 0 Å². The van der Waals surface area contributed by atoms with Gasteiger partial charge in [0.05, 0.1) is 11.0 Å². The molecule has 3 rings (SSSR count). The molecule has 1 aliphatic heterocycles. The van der Waals surface area contributed by atoms with Gasteiger partial charge in [-0.3, -0.25) is 24.0 Å². The molecule has 1 N–H and O–H groups in total. The summed E-state index contributed by atoms with van der Waals surface area (Å²) in [7, 11) is 1.71. The Bertz CT molecular complexity index is 868. The number of aryl methyl sites for hydroxylation is 1. The molecule has 0 bridgehead atoms. The Morgan fingerprint density at radius 2 is 1.83 bits per heavy atom. The molecule has 2 amide bonds. The Kier molecular flexibility index (Phi) is 3.43. The molecule has 23 heavy (non-hydrogen) atoms. The summed E-state index contributed by atoms with van der Waals surface area (Å²) < 4.78 is 3.07. The monoisotopic (exact) mass is 315 g/mol. The number of imidazole rings is 1. The maximum absolute atomic E-state index is 12.6. The Morgan fingerprint density at radius 3 is 2.43 bits per heavy atom. The van der Waals surface area contributed by atoms with Gasteiger partial charge in [-0.1, -0.05) is 26.8 Å². The van der Waals surface area contributed by atoms with Gasteiger partial charge < -0.3 is 0 Å². The minimum Gasteiger partial charge on any atom is -0.295 e. The molecule has 1 atom stereocenters. The average molecular weight is 315 g/mol. The summed E-state index contributed by atoms with van der Waals surface area (Å²) in [6.07, 6.45) is 0.601. The highest BCUT2D eigenvalue weighted by molar-refractivity contribution is 6.00. The molecule has 0 radical (unpaired) electrons. The lowest BCUT2D eigenvalue weighted by Crippen LogP contribution is -2.44. The fourth-order valence-electron chi connectivity index (χ4n) is 3.06. The van der Waals surface area contributed by atoms with Crippen molar-refractivity contribution >= 4 is 22.8 Å². The van der Waals surface area contributed by atoms with Crippen LogP contribution in [0.2, 0.25) is 0 Å². The second-order valence-electron chi connectivity index (χ2n) is 7.13. The third-order valence-electron chi connectivity index (χ3n) is 4.48. The predicted molar refractivity (Wildman–Crippen MR) is 87.3 cm³/mol. The highest BCUT2D eigenvalue weighted by atomic mass is 16.2. The van der Waals surface area contributed by atoms with Crippen LogP contribution >= 0.6 is 0 Å². The maximum atomic E-state index is 12.6. The first-order valence-corrected chi connectivity index (χ1v) is 7.75. The summed E-state index contributed by atoms with van der Waals surface area (Å²) in [5.74, 6) is -0.690.